The lowest BCUT2D eigenvalue weighted by atomic mass is 9.97. The molecule has 0 unspecified atom stereocenters. The third-order valence-electron chi connectivity index (χ3n) is 5.62. The summed E-state index contributed by atoms with van der Waals surface area (Å²) in [5, 5.41) is 2.12. The van der Waals surface area contributed by atoms with Gasteiger partial charge in [-0.1, -0.05) is 6.07 Å². The number of halogens is 6. The van der Waals surface area contributed by atoms with Gasteiger partial charge in [-0.25, -0.2) is 8.42 Å². The Labute approximate surface area is 197 Å². The number of aryl methyl sites for hydroxylation is 1. The molecule has 192 valence electrons. The minimum atomic E-state index is -5.04. The van der Waals surface area contributed by atoms with E-state index in [-0.39, 0.29) is 42.6 Å². The lowest BCUT2D eigenvalue weighted by Crippen LogP contribution is -2.41. The third-order valence-corrected chi connectivity index (χ3v) is 7.54. The monoisotopic (exact) mass is 524 g/mol. The number of ether oxygens (including phenoxy) is 1. The Bertz CT molecular complexity index is 1170. The fourth-order valence-corrected chi connectivity index (χ4v) is 5.46. The number of alkyl halides is 6. The molecule has 0 saturated carbocycles. The molecule has 0 bridgehead atoms. The number of methoxy groups -OCH3 is 1. The largest absolute Gasteiger partial charge is 0.495 e. The number of nitrogens with zero attached hydrogens (tertiary/aromatic N) is 1. The van der Waals surface area contributed by atoms with Gasteiger partial charge in [-0.15, -0.1) is 0 Å². The number of benzene rings is 2. The first-order valence-corrected chi connectivity index (χ1v) is 11.8. The van der Waals surface area contributed by atoms with Crippen LogP contribution in [-0.4, -0.2) is 38.8 Å². The molecule has 0 atom stereocenters. The van der Waals surface area contributed by atoms with E-state index in [9.17, 15) is 39.6 Å². The summed E-state index contributed by atoms with van der Waals surface area (Å²) in [6, 6.07) is 5.49. The summed E-state index contributed by atoms with van der Waals surface area (Å²) >= 11 is 0. The summed E-state index contributed by atoms with van der Waals surface area (Å²) < 4.78 is 111. The second-order valence-electron chi connectivity index (χ2n) is 8.12. The maximum absolute atomic E-state index is 13.1. The number of carbonyl (C=O) groups is 1. The molecular weight excluding hydrogens is 502 g/mol. The number of nitrogens with one attached hydrogen (secondary N) is 1. The minimum Gasteiger partial charge on any atom is -0.495 e. The van der Waals surface area contributed by atoms with Gasteiger partial charge in [0.05, 0.1) is 18.2 Å². The average Bonchev–Trinajstić information content (AvgIpc) is 2.77. The van der Waals surface area contributed by atoms with Crippen LogP contribution < -0.4 is 10.1 Å². The first kappa shape index (κ1) is 26.8. The van der Waals surface area contributed by atoms with E-state index in [1.807, 2.05) is 0 Å². The molecule has 0 spiro atoms. The van der Waals surface area contributed by atoms with Gasteiger partial charge in [0.2, 0.25) is 15.9 Å². The lowest BCUT2D eigenvalue weighted by molar-refractivity contribution is -0.143. The zero-order valence-electron chi connectivity index (χ0n) is 18.6. The lowest BCUT2D eigenvalue weighted by Gasteiger charge is -2.31. The summed E-state index contributed by atoms with van der Waals surface area (Å²) in [5.74, 6) is -1.44. The molecule has 1 N–H and O–H groups in total. The normalized spacial score (nSPS) is 16.2. The molecule has 1 aliphatic heterocycles. The smallest absolute Gasteiger partial charge is 0.416 e. The Morgan fingerprint density at radius 3 is 2.00 bits per heavy atom. The van der Waals surface area contributed by atoms with Gasteiger partial charge in [0.1, 0.15) is 10.6 Å². The van der Waals surface area contributed by atoms with Crippen LogP contribution in [-0.2, 0) is 27.2 Å². The Morgan fingerprint density at radius 1 is 0.971 bits per heavy atom. The molecule has 2 aromatic rings. The van der Waals surface area contributed by atoms with Crippen molar-refractivity contribution in [3.8, 4) is 5.75 Å². The summed E-state index contributed by atoms with van der Waals surface area (Å²) in [4.78, 5) is 12.6. The van der Waals surface area contributed by atoms with Crippen molar-refractivity contribution in [2.24, 2.45) is 5.92 Å². The molecular formula is C22H22F6N2O4S. The predicted octanol–water partition coefficient (Wildman–Crippen LogP) is 5.08. The van der Waals surface area contributed by atoms with E-state index in [2.05, 4.69) is 5.32 Å². The van der Waals surface area contributed by atoms with Crippen LogP contribution in [0.2, 0.25) is 0 Å². The van der Waals surface area contributed by atoms with Crippen molar-refractivity contribution in [2.45, 2.75) is 37.0 Å². The van der Waals surface area contributed by atoms with E-state index in [0.29, 0.717) is 17.7 Å². The first-order chi connectivity index (χ1) is 16.1. The molecule has 13 heteroatoms. The molecule has 0 aromatic heterocycles. The molecule has 1 saturated heterocycles. The number of sulfonamides is 1. The van der Waals surface area contributed by atoms with E-state index >= 15 is 0 Å². The van der Waals surface area contributed by atoms with Crippen LogP contribution in [0, 0.1) is 12.8 Å². The Balaban J connectivity index is 1.74. The molecule has 35 heavy (non-hydrogen) atoms. The summed E-state index contributed by atoms with van der Waals surface area (Å²) in [5.41, 5.74) is -3.04. The van der Waals surface area contributed by atoms with Crippen LogP contribution in [0.25, 0.3) is 0 Å². The van der Waals surface area contributed by atoms with Crippen molar-refractivity contribution >= 4 is 21.6 Å². The number of rotatable bonds is 5. The molecule has 1 heterocycles. The quantitative estimate of drug-likeness (QED) is 0.554. The topological polar surface area (TPSA) is 75.7 Å². The second kappa shape index (κ2) is 9.69. The van der Waals surface area contributed by atoms with Gasteiger partial charge in [-0.05, 0) is 55.7 Å². The van der Waals surface area contributed by atoms with Gasteiger partial charge in [-0.3, -0.25) is 4.79 Å². The zero-order valence-corrected chi connectivity index (χ0v) is 19.4. The van der Waals surface area contributed by atoms with Gasteiger partial charge in [0, 0.05) is 24.7 Å². The highest BCUT2D eigenvalue weighted by Crippen LogP contribution is 2.38. The molecule has 2 aromatic carbocycles. The number of carbonyl (C=O) groups excluding carboxylic acids is 1. The second-order valence-corrected chi connectivity index (χ2v) is 10.0. The van der Waals surface area contributed by atoms with Crippen LogP contribution in [0.3, 0.4) is 0 Å². The maximum atomic E-state index is 13.1. The van der Waals surface area contributed by atoms with Crippen molar-refractivity contribution < 1.29 is 44.3 Å². The van der Waals surface area contributed by atoms with Crippen LogP contribution in [0.1, 0.15) is 29.5 Å². The maximum Gasteiger partial charge on any atom is 0.416 e. The minimum absolute atomic E-state index is 0.0292. The van der Waals surface area contributed by atoms with Gasteiger partial charge in [-0.2, -0.15) is 30.6 Å². The molecule has 1 aliphatic rings. The fourth-order valence-electron chi connectivity index (χ4n) is 3.75. The number of piperidine rings is 1. The zero-order chi connectivity index (χ0) is 26.2. The standard InChI is InChI=1S/C22H22F6N2O4S/c1-13-3-4-18(34-2)19(9-13)35(32,33)30-7-5-14(6-8-30)20(31)29-17-11-15(21(23,24)25)10-16(12-17)22(26,27)28/h3-4,9-12,14H,5-8H2,1-2H3,(H,29,31). The SMILES string of the molecule is COc1ccc(C)cc1S(=O)(=O)N1CCC(C(=O)Nc2cc(C(F)(F)F)cc(C(F)(F)F)c2)CC1. The Hall–Kier alpha value is -2.80. The average molecular weight is 524 g/mol. The van der Waals surface area contributed by atoms with Crippen LogP contribution in [0.4, 0.5) is 32.0 Å². The van der Waals surface area contributed by atoms with Crippen molar-refractivity contribution in [1.82, 2.24) is 4.31 Å². The van der Waals surface area contributed by atoms with Crippen LogP contribution >= 0.6 is 0 Å². The molecule has 1 fully saturated rings. The number of amides is 1. The van der Waals surface area contributed by atoms with Crippen molar-refractivity contribution in [3.05, 3.63) is 53.1 Å². The first-order valence-electron chi connectivity index (χ1n) is 10.4. The Morgan fingerprint density at radius 2 is 1.51 bits per heavy atom. The third kappa shape index (κ3) is 6.07. The summed E-state index contributed by atoms with van der Waals surface area (Å²) in [6.07, 6.45) is -10.0. The highest BCUT2D eigenvalue weighted by atomic mass is 32.2. The van der Waals surface area contributed by atoms with Gasteiger partial charge in [0.25, 0.3) is 0 Å². The fraction of sp³-hybridized carbons (Fsp3) is 0.409. The summed E-state index contributed by atoms with van der Waals surface area (Å²) in [6.45, 7) is 1.59. The number of hydrogen-bond acceptors (Lipinski definition) is 4. The van der Waals surface area contributed by atoms with Gasteiger partial charge < -0.3 is 10.1 Å². The van der Waals surface area contributed by atoms with E-state index in [1.54, 1.807) is 13.0 Å². The van der Waals surface area contributed by atoms with E-state index < -0.39 is 51.0 Å². The summed E-state index contributed by atoms with van der Waals surface area (Å²) in [7, 11) is -2.62. The van der Waals surface area contributed by atoms with Crippen molar-refractivity contribution in [1.29, 1.82) is 0 Å². The molecule has 1 amide bonds. The highest BCUT2D eigenvalue weighted by molar-refractivity contribution is 7.89. The van der Waals surface area contributed by atoms with E-state index in [0.717, 1.165) is 0 Å². The number of anilines is 1. The molecule has 3 rings (SSSR count). The molecule has 6 nitrogen and oxygen atoms in total. The van der Waals surface area contributed by atoms with Crippen LogP contribution in [0.15, 0.2) is 41.3 Å². The number of hydrogen-bond donors (Lipinski definition) is 1. The van der Waals surface area contributed by atoms with Crippen molar-refractivity contribution in [2.75, 3.05) is 25.5 Å². The van der Waals surface area contributed by atoms with Gasteiger partial charge in [0.15, 0.2) is 0 Å². The van der Waals surface area contributed by atoms with E-state index in [4.69, 9.17) is 4.74 Å². The predicted molar refractivity (Wildman–Crippen MR) is 114 cm³/mol. The highest BCUT2D eigenvalue weighted by Gasteiger charge is 2.38. The Kier molecular flexibility index (Phi) is 7.42. The van der Waals surface area contributed by atoms with Gasteiger partial charge >= 0.3 is 12.4 Å². The van der Waals surface area contributed by atoms with E-state index in [1.165, 1.54) is 23.5 Å². The van der Waals surface area contributed by atoms with Crippen molar-refractivity contribution in [3.63, 3.8) is 0 Å². The molecule has 0 radical (unpaired) electrons. The molecule has 0 aliphatic carbocycles. The van der Waals surface area contributed by atoms with Crippen LogP contribution in [0.5, 0.6) is 5.75 Å².